The van der Waals surface area contributed by atoms with Gasteiger partial charge in [0.2, 0.25) is 0 Å². The first-order valence-corrected chi connectivity index (χ1v) is 9.85. The zero-order valence-corrected chi connectivity index (χ0v) is 18.8. The standard InChI is InChI=1S/C12H8Cl2O2S.3C2H5NO2/c13-7-1-3-9(15)11(5-7)17-12-6-8(14)2-4-10(12)16;3*3-1-2(4)5/h1-6,15-16H;3*1,3H2,(H,4,5). The van der Waals surface area contributed by atoms with Gasteiger partial charge in [-0.05, 0) is 36.4 Å². The number of carboxylic acid groups (broad SMARTS) is 3. The van der Waals surface area contributed by atoms with E-state index >= 15 is 0 Å². The van der Waals surface area contributed by atoms with E-state index in [1.54, 1.807) is 24.3 Å². The lowest BCUT2D eigenvalue weighted by atomic mass is 10.3. The summed E-state index contributed by atoms with van der Waals surface area (Å²) >= 11 is 12.9. The molecule has 178 valence electrons. The number of hydrogen-bond acceptors (Lipinski definition) is 9. The third-order valence-corrected chi connectivity index (χ3v) is 4.15. The second kappa shape index (κ2) is 17.9. The first-order valence-electron chi connectivity index (χ1n) is 8.28. The normalized spacial score (nSPS) is 9.03. The van der Waals surface area contributed by atoms with Crippen molar-refractivity contribution in [3.63, 3.8) is 0 Å². The van der Waals surface area contributed by atoms with Crippen LogP contribution in [-0.4, -0.2) is 63.1 Å². The van der Waals surface area contributed by atoms with Crippen molar-refractivity contribution in [3.8, 4) is 11.5 Å². The monoisotopic (exact) mass is 511 g/mol. The second-order valence-corrected chi connectivity index (χ2v) is 7.08. The molecule has 0 aromatic heterocycles. The molecule has 11 N–H and O–H groups in total. The summed E-state index contributed by atoms with van der Waals surface area (Å²) in [5.41, 5.74) is 13.7. The van der Waals surface area contributed by atoms with Crippen LogP contribution in [0.5, 0.6) is 11.5 Å². The summed E-state index contributed by atoms with van der Waals surface area (Å²) in [6.45, 7) is -0.833. The first kappa shape index (κ1) is 31.4. The van der Waals surface area contributed by atoms with E-state index in [9.17, 15) is 24.6 Å². The largest absolute Gasteiger partial charge is 0.507 e. The Labute approximate surface area is 197 Å². The number of nitrogens with two attached hydrogens (primary N) is 3. The van der Waals surface area contributed by atoms with Crippen molar-refractivity contribution in [2.45, 2.75) is 9.79 Å². The summed E-state index contributed by atoms with van der Waals surface area (Å²) in [5, 5.41) is 43.2. The van der Waals surface area contributed by atoms with Gasteiger partial charge in [0.15, 0.2) is 0 Å². The summed E-state index contributed by atoms with van der Waals surface area (Å²) in [7, 11) is 0. The molecule has 0 atom stereocenters. The number of aliphatic carboxylic acids is 3. The average molecular weight is 512 g/mol. The van der Waals surface area contributed by atoms with Gasteiger partial charge in [-0.1, -0.05) is 35.0 Å². The Morgan fingerprint density at radius 2 is 0.938 bits per heavy atom. The number of aromatic hydroxyl groups is 2. The molecule has 2 rings (SSSR count). The maximum absolute atomic E-state index is 9.66. The summed E-state index contributed by atoms with van der Waals surface area (Å²) in [6, 6.07) is 9.46. The molecule has 11 nitrogen and oxygen atoms in total. The molecule has 0 heterocycles. The maximum atomic E-state index is 9.66. The van der Waals surface area contributed by atoms with Gasteiger partial charge in [-0.15, -0.1) is 0 Å². The Balaban J connectivity index is 0. The fourth-order valence-corrected chi connectivity index (χ4v) is 2.69. The lowest BCUT2D eigenvalue weighted by molar-refractivity contribution is -0.136. The van der Waals surface area contributed by atoms with Gasteiger partial charge in [0.25, 0.3) is 0 Å². The van der Waals surface area contributed by atoms with E-state index in [4.69, 9.17) is 38.5 Å². The Morgan fingerprint density at radius 1 is 0.688 bits per heavy atom. The van der Waals surface area contributed by atoms with E-state index in [1.807, 2.05) is 0 Å². The minimum Gasteiger partial charge on any atom is -0.507 e. The van der Waals surface area contributed by atoms with Crippen molar-refractivity contribution >= 4 is 52.9 Å². The Bertz CT molecular complexity index is 805. The van der Waals surface area contributed by atoms with Crippen LogP contribution in [0.2, 0.25) is 10.0 Å². The van der Waals surface area contributed by atoms with Crippen LogP contribution in [0.1, 0.15) is 0 Å². The average Bonchev–Trinajstić information content (AvgIpc) is 2.74. The van der Waals surface area contributed by atoms with Crippen molar-refractivity contribution < 1.29 is 39.9 Å². The van der Waals surface area contributed by atoms with E-state index in [1.165, 1.54) is 23.9 Å². The Hall–Kier alpha value is -2.74. The van der Waals surface area contributed by atoms with Crippen molar-refractivity contribution in [1.82, 2.24) is 0 Å². The van der Waals surface area contributed by atoms with Gasteiger partial charge in [0, 0.05) is 10.0 Å². The number of carbonyl (C=O) groups is 3. The van der Waals surface area contributed by atoms with Crippen molar-refractivity contribution in [2.24, 2.45) is 17.2 Å². The van der Waals surface area contributed by atoms with E-state index in [2.05, 4.69) is 17.2 Å². The smallest absolute Gasteiger partial charge is 0.317 e. The molecule has 14 heteroatoms. The lowest BCUT2D eigenvalue weighted by Crippen LogP contribution is -2.10. The highest BCUT2D eigenvalue weighted by Gasteiger charge is 2.08. The van der Waals surface area contributed by atoms with Gasteiger partial charge in [-0.2, -0.15) is 0 Å². The third kappa shape index (κ3) is 17.0. The molecule has 0 fully saturated rings. The highest BCUT2D eigenvalue weighted by Crippen LogP contribution is 2.40. The molecule has 0 aliphatic heterocycles. The number of phenolic OH excluding ortho intramolecular Hbond substituents is 2. The Kier molecular flexibility index (Phi) is 17.6. The highest BCUT2D eigenvalue weighted by atomic mass is 35.5. The molecule has 0 radical (unpaired) electrons. The molecule has 0 spiro atoms. The molecular formula is C18H23Cl2N3O8S. The molecule has 0 aliphatic rings. The molecule has 0 amide bonds. The minimum absolute atomic E-state index is 0.110. The molecule has 0 saturated carbocycles. The fourth-order valence-electron chi connectivity index (χ4n) is 1.26. The number of rotatable bonds is 5. The van der Waals surface area contributed by atoms with Crippen LogP contribution in [0.3, 0.4) is 0 Å². The Morgan fingerprint density at radius 3 is 1.16 bits per heavy atom. The van der Waals surface area contributed by atoms with E-state index in [-0.39, 0.29) is 31.1 Å². The van der Waals surface area contributed by atoms with Crippen molar-refractivity contribution in [3.05, 3.63) is 46.4 Å². The minimum atomic E-state index is -0.968. The van der Waals surface area contributed by atoms with Crippen molar-refractivity contribution in [2.75, 3.05) is 19.6 Å². The van der Waals surface area contributed by atoms with Gasteiger partial charge in [-0.3, -0.25) is 14.4 Å². The van der Waals surface area contributed by atoms with Gasteiger partial charge < -0.3 is 42.7 Å². The third-order valence-electron chi connectivity index (χ3n) is 2.59. The molecule has 0 unspecified atom stereocenters. The van der Waals surface area contributed by atoms with Crippen LogP contribution in [0.4, 0.5) is 0 Å². The summed E-state index contributed by atoms with van der Waals surface area (Å²) in [4.78, 5) is 28.9. The van der Waals surface area contributed by atoms with Crippen LogP contribution in [0.25, 0.3) is 0 Å². The van der Waals surface area contributed by atoms with E-state index < -0.39 is 17.9 Å². The van der Waals surface area contributed by atoms with Gasteiger partial charge in [0.1, 0.15) is 11.5 Å². The number of halogens is 2. The topological polar surface area (TPSA) is 230 Å². The predicted octanol–water partition coefficient (Wildman–Crippen LogP) is 1.64. The molecule has 0 saturated heterocycles. The lowest BCUT2D eigenvalue weighted by Gasteiger charge is -2.07. The van der Waals surface area contributed by atoms with Crippen molar-refractivity contribution in [1.29, 1.82) is 0 Å². The summed E-state index contributed by atoms with van der Waals surface area (Å²) in [6.07, 6.45) is 0. The summed E-state index contributed by atoms with van der Waals surface area (Å²) < 4.78 is 0. The molecule has 0 bridgehead atoms. The molecular weight excluding hydrogens is 489 g/mol. The van der Waals surface area contributed by atoms with Gasteiger partial charge in [-0.25, -0.2) is 0 Å². The highest BCUT2D eigenvalue weighted by molar-refractivity contribution is 7.99. The van der Waals surface area contributed by atoms with Gasteiger partial charge in [0.05, 0.1) is 29.4 Å². The van der Waals surface area contributed by atoms with Gasteiger partial charge >= 0.3 is 17.9 Å². The predicted molar refractivity (Wildman–Crippen MR) is 120 cm³/mol. The van der Waals surface area contributed by atoms with Crippen LogP contribution >= 0.6 is 35.0 Å². The van der Waals surface area contributed by atoms with E-state index in [0.717, 1.165) is 0 Å². The number of phenols is 2. The number of benzene rings is 2. The maximum Gasteiger partial charge on any atom is 0.317 e. The quantitative estimate of drug-likeness (QED) is 0.286. The van der Waals surface area contributed by atoms with Crippen LogP contribution in [0.15, 0.2) is 46.2 Å². The first-order chi connectivity index (χ1) is 14.9. The molecule has 32 heavy (non-hydrogen) atoms. The zero-order valence-electron chi connectivity index (χ0n) is 16.4. The van der Waals surface area contributed by atoms with Crippen LogP contribution in [0, 0.1) is 0 Å². The SMILES string of the molecule is NCC(=O)O.NCC(=O)O.NCC(=O)O.Oc1ccc(Cl)cc1Sc1cc(Cl)ccc1O. The van der Waals surface area contributed by atoms with Crippen LogP contribution < -0.4 is 17.2 Å². The number of carboxylic acids is 3. The molecule has 0 aliphatic carbocycles. The van der Waals surface area contributed by atoms with Crippen LogP contribution in [-0.2, 0) is 14.4 Å². The fraction of sp³-hybridized carbons (Fsp3) is 0.167. The molecule has 2 aromatic carbocycles. The summed E-state index contributed by atoms with van der Waals surface area (Å²) in [5.74, 6) is -2.68. The zero-order chi connectivity index (χ0) is 25.3. The molecule has 2 aromatic rings. The number of hydrogen-bond donors (Lipinski definition) is 8. The second-order valence-electron chi connectivity index (χ2n) is 5.12. The van der Waals surface area contributed by atoms with E-state index in [0.29, 0.717) is 19.8 Å².